The van der Waals surface area contributed by atoms with Crippen molar-refractivity contribution in [3.8, 4) is 0 Å². The Morgan fingerprint density at radius 3 is 2.53 bits per heavy atom. The Labute approximate surface area is 129 Å². The summed E-state index contributed by atoms with van der Waals surface area (Å²) < 4.78 is 14.9. The van der Waals surface area contributed by atoms with Gasteiger partial charge in [-0.1, -0.05) is 44.0 Å². The third-order valence-corrected chi connectivity index (χ3v) is 4.32. The monoisotopic (exact) mass is 385 g/mol. The van der Waals surface area contributed by atoms with E-state index in [0.29, 0.717) is 6.42 Å². The van der Waals surface area contributed by atoms with Crippen LogP contribution in [0, 0.1) is 12.7 Å². The Morgan fingerprint density at radius 2 is 1.89 bits per heavy atom. The highest BCUT2D eigenvalue weighted by molar-refractivity contribution is 9.10. The lowest BCUT2D eigenvalue weighted by molar-refractivity contribution is 0.624. The summed E-state index contributed by atoms with van der Waals surface area (Å²) in [6.45, 7) is 2.04. The zero-order chi connectivity index (χ0) is 14.0. The highest BCUT2D eigenvalue weighted by atomic mass is 79.9. The summed E-state index contributed by atoms with van der Waals surface area (Å²) in [5.41, 5.74) is 9.53. The molecule has 2 aromatic rings. The fourth-order valence-corrected chi connectivity index (χ4v) is 3.08. The summed E-state index contributed by atoms with van der Waals surface area (Å²) in [4.78, 5) is 0. The standard InChI is InChI=1S/C15H14Br2FN/c1-9-6-11(16)3-5-13(9)15(19)7-10-2-4-12(18)8-14(10)17/h2-6,8,15H,7,19H2,1H3. The smallest absolute Gasteiger partial charge is 0.124 e. The Morgan fingerprint density at radius 1 is 1.16 bits per heavy atom. The topological polar surface area (TPSA) is 26.0 Å². The van der Waals surface area contributed by atoms with Gasteiger partial charge >= 0.3 is 0 Å². The van der Waals surface area contributed by atoms with Crippen molar-refractivity contribution in [2.75, 3.05) is 0 Å². The molecule has 0 fully saturated rings. The van der Waals surface area contributed by atoms with E-state index in [9.17, 15) is 4.39 Å². The lowest BCUT2D eigenvalue weighted by Gasteiger charge is -2.16. The zero-order valence-corrected chi connectivity index (χ0v) is 13.6. The number of halogens is 3. The van der Waals surface area contributed by atoms with E-state index in [-0.39, 0.29) is 11.9 Å². The Bertz CT molecular complexity index is 599. The molecule has 1 unspecified atom stereocenters. The van der Waals surface area contributed by atoms with E-state index < -0.39 is 0 Å². The first-order chi connectivity index (χ1) is 8.97. The van der Waals surface area contributed by atoms with Gasteiger partial charge in [-0.05, 0) is 54.3 Å². The van der Waals surface area contributed by atoms with Gasteiger partial charge < -0.3 is 5.73 Å². The molecule has 100 valence electrons. The summed E-state index contributed by atoms with van der Waals surface area (Å²) >= 11 is 6.82. The molecule has 4 heteroatoms. The molecular formula is C15H14Br2FN. The predicted octanol–water partition coefficient (Wildman–Crippen LogP) is 4.90. The maximum Gasteiger partial charge on any atom is 0.124 e. The van der Waals surface area contributed by atoms with Gasteiger partial charge in [-0.15, -0.1) is 0 Å². The molecule has 0 saturated heterocycles. The highest BCUT2D eigenvalue weighted by Crippen LogP contribution is 2.26. The van der Waals surface area contributed by atoms with E-state index in [1.54, 1.807) is 6.07 Å². The van der Waals surface area contributed by atoms with Crippen molar-refractivity contribution < 1.29 is 4.39 Å². The maximum atomic E-state index is 13.0. The lowest BCUT2D eigenvalue weighted by atomic mass is 9.96. The van der Waals surface area contributed by atoms with Crippen molar-refractivity contribution >= 4 is 31.9 Å². The van der Waals surface area contributed by atoms with Crippen LogP contribution in [0.5, 0.6) is 0 Å². The molecular weight excluding hydrogens is 373 g/mol. The first kappa shape index (κ1) is 14.7. The van der Waals surface area contributed by atoms with Gasteiger partial charge in [0.05, 0.1) is 0 Å². The van der Waals surface area contributed by atoms with E-state index in [0.717, 1.165) is 25.6 Å². The van der Waals surface area contributed by atoms with Crippen molar-refractivity contribution in [1.29, 1.82) is 0 Å². The van der Waals surface area contributed by atoms with Gasteiger partial charge in [0.1, 0.15) is 5.82 Å². The van der Waals surface area contributed by atoms with Gasteiger partial charge in [0.15, 0.2) is 0 Å². The normalized spacial score (nSPS) is 12.5. The van der Waals surface area contributed by atoms with Gasteiger partial charge in [-0.25, -0.2) is 4.39 Å². The molecule has 2 N–H and O–H groups in total. The molecule has 2 aromatic carbocycles. The average Bonchev–Trinajstić information content (AvgIpc) is 2.32. The minimum Gasteiger partial charge on any atom is -0.324 e. The SMILES string of the molecule is Cc1cc(Br)ccc1C(N)Cc1ccc(F)cc1Br. The van der Waals surface area contributed by atoms with Gasteiger partial charge in [0, 0.05) is 15.0 Å². The van der Waals surface area contributed by atoms with Crippen LogP contribution in [0.15, 0.2) is 45.3 Å². The van der Waals surface area contributed by atoms with Crippen LogP contribution >= 0.6 is 31.9 Å². The molecule has 0 heterocycles. The number of nitrogens with two attached hydrogens (primary N) is 1. The molecule has 0 radical (unpaired) electrons. The molecule has 0 aliphatic carbocycles. The van der Waals surface area contributed by atoms with E-state index in [4.69, 9.17) is 5.73 Å². The molecule has 0 saturated carbocycles. The molecule has 0 bridgehead atoms. The molecule has 2 rings (SSSR count). The fourth-order valence-electron chi connectivity index (χ4n) is 2.09. The van der Waals surface area contributed by atoms with Gasteiger partial charge in [-0.3, -0.25) is 0 Å². The first-order valence-corrected chi connectivity index (χ1v) is 7.51. The minimum absolute atomic E-state index is 0.102. The molecule has 19 heavy (non-hydrogen) atoms. The van der Waals surface area contributed by atoms with Crippen molar-refractivity contribution in [2.45, 2.75) is 19.4 Å². The number of benzene rings is 2. The van der Waals surface area contributed by atoms with Crippen LogP contribution in [-0.4, -0.2) is 0 Å². The quantitative estimate of drug-likeness (QED) is 0.797. The van der Waals surface area contributed by atoms with E-state index in [2.05, 4.69) is 37.9 Å². The number of hydrogen-bond acceptors (Lipinski definition) is 1. The summed E-state index contributed by atoms with van der Waals surface area (Å²) in [6.07, 6.45) is 0.670. The Balaban J connectivity index is 2.23. The van der Waals surface area contributed by atoms with Crippen molar-refractivity contribution in [3.63, 3.8) is 0 Å². The second-order valence-electron chi connectivity index (χ2n) is 4.55. The second-order valence-corrected chi connectivity index (χ2v) is 6.32. The van der Waals surface area contributed by atoms with Gasteiger partial charge in [0.2, 0.25) is 0 Å². The van der Waals surface area contributed by atoms with E-state index in [1.165, 1.54) is 12.1 Å². The fraction of sp³-hybridized carbons (Fsp3) is 0.200. The Hall–Kier alpha value is -0.710. The summed E-state index contributed by atoms with van der Waals surface area (Å²) in [6, 6.07) is 10.7. The number of hydrogen-bond donors (Lipinski definition) is 1. The second kappa shape index (κ2) is 6.16. The first-order valence-electron chi connectivity index (χ1n) is 5.93. The number of rotatable bonds is 3. The maximum absolute atomic E-state index is 13.0. The molecule has 1 nitrogen and oxygen atoms in total. The number of aryl methyl sites for hydroxylation is 1. The Kier molecular flexibility index (Phi) is 4.76. The molecule has 0 aliphatic heterocycles. The molecule has 0 aromatic heterocycles. The summed E-state index contributed by atoms with van der Waals surface area (Å²) in [5.74, 6) is -0.246. The molecule has 0 spiro atoms. The lowest BCUT2D eigenvalue weighted by Crippen LogP contribution is -2.15. The summed E-state index contributed by atoms with van der Waals surface area (Å²) in [5, 5.41) is 0. The van der Waals surface area contributed by atoms with Crippen LogP contribution in [0.4, 0.5) is 4.39 Å². The van der Waals surface area contributed by atoms with Crippen molar-refractivity contribution in [1.82, 2.24) is 0 Å². The zero-order valence-electron chi connectivity index (χ0n) is 10.5. The third-order valence-electron chi connectivity index (χ3n) is 3.09. The van der Waals surface area contributed by atoms with Crippen LogP contribution < -0.4 is 5.73 Å². The molecule has 0 amide bonds. The van der Waals surface area contributed by atoms with E-state index >= 15 is 0 Å². The average molecular weight is 387 g/mol. The van der Waals surface area contributed by atoms with Crippen LogP contribution in [0.25, 0.3) is 0 Å². The molecule has 0 aliphatic rings. The van der Waals surface area contributed by atoms with Crippen LogP contribution in [-0.2, 0) is 6.42 Å². The van der Waals surface area contributed by atoms with E-state index in [1.807, 2.05) is 19.1 Å². The largest absolute Gasteiger partial charge is 0.324 e. The third kappa shape index (κ3) is 3.65. The van der Waals surface area contributed by atoms with Crippen molar-refractivity contribution in [2.24, 2.45) is 5.73 Å². The minimum atomic E-state index is -0.246. The van der Waals surface area contributed by atoms with Gasteiger partial charge in [-0.2, -0.15) is 0 Å². The van der Waals surface area contributed by atoms with Gasteiger partial charge in [0.25, 0.3) is 0 Å². The van der Waals surface area contributed by atoms with Crippen LogP contribution in [0.2, 0.25) is 0 Å². The summed E-state index contributed by atoms with van der Waals surface area (Å²) in [7, 11) is 0. The highest BCUT2D eigenvalue weighted by Gasteiger charge is 2.12. The predicted molar refractivity (Wildman–Crippen MR) is 83.6 cm³/mol. The van der Waals surface area contributed by atoms with Crippen molar-refractivity contribution in [3.05, 3.63) is 67.9 Å². The van der Waals surface area contributed by atoms with Crippen LogP contribution in [0.3, 0.4) is 0 Å². The molecule has 1 atom stereocenters. The van der Waals surface area contributed by atoms with Crippen LogP contribution in [0.1, 0.15) is 22.7 Å².